The first-order valence-electron chi connectivity index (χ1n) is 8.73. The van der Waals surface area contributed by atoms with Gasteiger partial charge in [0.2, 0.25) is 0 Å². The van der Waals surface area contributed by atoms with Gasteiger partial charge in [-0.2, -0.15) is 0 Å². The van der Waals surface area contributed by atoms with E-state index >= 15 is 0 Å². The molecule has 5 nitrogen and oxygen atoms in total. The highest BCUT2D eigenvalue weighted by Crippen LogP contribution is 2.45. The summed E-state index contributed by atoms with van der Waals surface area (Å²) < 4.78 is 12.6. The summed E-state index contributed by atoms with van der Waals surface area (Å²) in [4.78, 5) is 25.4. The van der Waals surface area contributed by atoms with E-state index in [1.54, 1.807) is 25.1 Å². The van der Waals surface area contributed by atoms with Crippen molar-refractivity contribution in [1.29, 1.82) is 0 Å². The zero-order chi connectivity index (χ0) is 19.1. The number of hydrogen-bond acceptors (Lipinski definition) is 4. The van der Waals surface area contributed by atoms with Gasteiger partial charge in [-0.1, -0.05) is 29.8 Å². The van der Waals surface area contributed by atoms with Crippen LogP contribution < -0.4 is 4.74 Å². The summed E-state index contributed by atoms with van der Waals surface area (Å²) in [6.45, 7) is 1.90. The Morgan fingerprint density at radius 3 is 2.78 bits per heavy atom. The van der Waals surface area contributed by atoms with Gasteiger partial charge in [-0.3, -0.25) is 9.59 Å². The number of hydrogen-bond donors (Lipinski definition) is 0. The van der Waals surface area contributed by atoms with Crippen LogP contribution in [0.2, 0.25) is 5.02 Å². The number of para-hydroxylation sites is 1. The Labute approximate surface area is 161 Å². The lowest BCUT2D eigenvalue weighted by molar-refractivity contribution is -0.158. The highest BCUT2D eigenvalue weighted by atomic mass is 35.5. The van der Waals surface area contributed by atoms with E-state index in [4.69, 9.17) is 21.1 Å². The summed E-state index contributed by atoms with van der Waals surface area (Å²) in [5.74, 6) is -2.40. The third-order valence-electron chi connectivity index (χ3n) is 4.91. The molecule has 0 bridgehead atoms. The molecule has 0 saturated heterocycles. The zero-order valence-corrected chi connectivity index (χ0v) is 15.7. The molecule has 0 aliphatic carbocycles. The molecule has 0 radical (unpaired) electrons. The number of aryl methyl sites for hydroxylation is 1. The molecule has 1 aliphatic rings. The van der Waals surface area contributed by atoms with Gasteiger partial charge >= 0.3 is 11.9 Å². The van der Waals surface area contributed by atoms with Crippen molar-refractivity contribution in [3.63, 3.8) is 0 Å². The van der Waals surface area contributed by atoms with Gasteiger partial charge in [-0.05, 0) is 36.8 Å². The number of aromatic nitrogens is 1. The van der Waals surface area contributed by atoms with Crippen molar-refractivity contribution in [2.75, 3.05) is 6.61 Å². The van der Waals surface area contributed by atoms with Gasteiger partial charge < -0.3 is 14.0 Å². The molecule has 4 rings (SSSR count). The van der Waals surface area contributed by atoms with Crippen molar-refractivity contribution in [2.45, 2.75) is 12.8 Å². The van der Waals surface area contributed by atoms with E-state index in [9.17, 15) is 9.59 Å². The van der Waals surface area contributed by atoms with Crippen molar-refractivity contribution < 1.29 is 19.1 Å². The highest BCUT2D eigenvalue weighted by Gasteiger charge is 2.45. The maximum atomic E-state index is 12.7. The second-order valence-electron chi connectivity index (χ2n) is 6.52. The first kappa shape index (κ1) is 17.6. The van der Waals surface area contributed by atoms with Crippen molar-refractivity contribution in [3.8, 4) is 5.75 Å². The molecular formula is C21H18ClNO4. The van der Waals surface area contributed by atoms with Gasteiger partial charge in [-0.25, -0.2) is 0 Å². The van der Waals surface area contributed by atoms with Crippen molar-refractivity contribution >= 4 is 34.4 Å². The van der Waals surface area contributed by atoms with Crippen LogP contribution in [0.5, 0.6) is 5.75 Å². The number of halogens is 1. The minimum Gasteiger partial charge on any atom is -0.465 e. The van der Waals surface area contributed by atoms with Crippen LogP contribution in [-0.4, -0.2) is 23.1 Å². The third-order valence-corrected chi connectivity index (χ3v) is 5.14. The summed E-state index contributed by atoms with van der Waals surface area (Å²) >= 11 is 6.22. The molecule has 2 aromatic carbocycles. The second kappa shape index (κ2) is 6.74. The predicted molar refractivity (Wildman–Crippen MR) is 102 cm³/mol. The molecule has 0 saturated carbocycles. The fourth-order valence-corrected chi connectivity index (χ4v) is 3.96. The number of benzene rings is 2. The van der Waals surface area contributed by atoms with Gasteiger partial charge in [0.1, 0.15) is 5.75 Å². The summed E-state index contributed by atoms with van der Waals surface area (Å²) in [5.41, 5.74) is 2.58. The monoisotopic (exact) mass is 383 g/mol. The first-order chi connectivity index (χ1) is 13.0. The molecular weight excluding hydrogens is 366 g/mol. The number of esters is 2. The van der Waals surface area contributed by atoms with Crippen LogP contribution in [0, 0.1) is 5.92 Å². The van der Waals surface area contributed by atoms with E-state index in [1.165, 1.54) is 0 Å². The van der Waals surface area contributed by atoms with E-state index in [0.717, 1.165) is 16.5 Å². The van der Waals surface area contributed by atoms with Crippen molar-refractivity contribution in [2.24, 2.45) is 13.0 Å². The SMILES string of the molecule is CCOC(=O)[C@H]1C(=O)Oc2ccc(Cl)cc2[C@@H]1c1cn(C)c2ccccc12. The van der Waals surface area contributed by atoms with Crippen LogP contribution in [0.15, 0.2) is 48.7 Å². The Balaban J connectivity index is 1.98. The number of fused-ring (bicyclic) bond motifs is 2. The number of ether oxygens (including phenoxy) is 2. The van der Waals surface area contributed by atoms with Gasteiger partial charge in [-0.15, -0.1) is 0 Å². The van der Waals surface area contributed by atoms with Crippen LogP contribution >= 0.6 is 11.6 Å². The molecule has 27 heavy (non-hydrogen) atoms. The van der Waals surface area contributed by atoms with E-state index in [2.05, 4.69) is 0 Å². The van der Waals surface area contributed by atoms with E-state index < -0.39 is 23.8 Å². The predicted octanol–water partition coefficient (Wildman–Crippen LogP) is 4.06. The molecule has 0 amide bonds. The normalized spacial score (nSPS) is 18.9. The number of nitrogens with zero attached hydrogens (tertiary/aromatic N) is 1. The average molecular weight is 384 g/mol. The molecule has 0 N–H and O–H groups in total. The van der Waals surface area contributed by atoms with Crippen molar-refractivity contribution in [3.05, 3.63) is 64.8 Å². The van der Waals surface area contributed by atoms with Crippen LogP contribution in [-0.2, 0) is 21.4 Å². The Kier molecular flexibility index (Phi) is 4.40. The molecule has 2 atom stereocenters. The van der Waals surface area contributed by atoms with Crippen LogP contribution in [0.4, 0.5) is 0 Å². The first-order valence-corrected chi connectivity index (χ1v) is 9.10. The molecule has 1 aliphatic heterocycles. The zero-order valence-electron chi connectivity index (χ0n) is 14.9. The molecule has 0 unspecified atom stereocenters. The smallest absolute Gasteiger partial charge is 0.326 e. The lowest BCUT2D eigenvalue weighted by Gasteiger charge is -2.30. The Hall–Kier alpha value is -2.79. The number of rotatable bonds is 3. The van der Waals surface area contributed by atoms with Gasteiger partial charge in [0.05, 0.1) is 6.61 Å². The summed E-state index contributed by atoms with van der Waals surface area (Å²) in [7, 11) is 1.94. The number of carbonyl (C=O) groups excluding carboxylic acids is 2. The minimum atomic E-state index is -1.08. The largest absolute Gasteiger partial charge is 0.465 e. The molecule has 138 valence electrons. The lowest BCUT2D eigenvalue weighted by atomic mass is 9.78. The highest BCUT2D eigenvalue weighted by molar-refractivity contribution is 6.30. The molecule has 0 fully saturated rings. The maximum absolute atomic E-state index is 12.7. The van der Waals surface area contributed by atoms with Crippen LogP contribution in [0.1, 0.15) is 24.0 Å². The van der Waals surface area contributed by atoms with E-state index in [1.807, 2.05) is 42.1 Å². The van der Waals surface area contributed by atoms with E-state index in [-0.39, 0.29) is 6.61 Å². The summed E-state index contributed by atoms with van der Waals surface area (Å²) in [6, 6.07) is 12.9. The average Bonchev–Trinajstić information content (AvgIpc) is 2.98. The summed E-state index contributed by atoms with van der Waals surface area (Å²) in [5, 5.41) is 1.49. The standard InChI is InChI=1S/C21H18ClNO4/c1-3-26-20(24)19-18(14-10-12(22)8-9-17(14)27-21(19)25)15-11-23(2)16-7-5-4-6-13(15)16/h4-11,18-19H,3H2,1-2H3/t18-,19+/m1/s1. The van der Waals surface area contributed by atoms with Gasteiger partial charge in [0.25, 0.3) is 0 Å². The second-order valence-corrected chi connectivity index (χ2v) is 6.96. The fourth-order valence-electron chi connectivity index (χ4n) is 3.78. The lowest BCUT2D eigenvalue weighted by Crippen LogP contribution is -2.38. The Morgan fingerprint density at radius 1 is 1.22 bits per heavy atom. The minimum absolute atomic E-state index is 0.188. The maximum Gasteiger partial charge on any atom is 0.326 e. The summed E-state index contributed by atoms with van der Waals surface area (Å²) in [6.07, 6.45) is 1.95. The Bertz CT molecular complexity index is 1060. The van der Waals surface area contributed by atoms with Crippen LogP contribution in [0.3, 0.4) is 0 Å². The molecule has 1 aromatic heterocycles. The van der Waals surface area contributed by atoms with Gasteiger partial charge in [0, 0.05) is 40.7 Å². The molecule has 3 aromatic rings. The van der Waals surface area contributed by atoms with Crippen LogP contribution in [0.25, 0.3) is 10.9 Å². The van der Waals surface area contributed by atoms with E-state index in [0.29, 0.717) is 16.3 Å². The van der Waals surface area contributed by atoms with Crippen molar-refractivity contribution in [1.82, 2.24) is 4.57 Å². The molecule has 2 heterocycles. The topological polar surface area (TPSA) is 57.5 Å². The fraction of sp³-hybridized carbons (Fsp3) is 0.238. The quantitative estimate of drug-likeness (QED) is 0.389. The molecule has 6 heteroatoms. The number of carbonyl (C=O) groups is 2. The Morgan fingerprint density at radius 2 is 2.00 bits per heavy atom. The third kappa shape index (κ3) is 2.88. The van der Waals surface area contributed by atoms with Gasteiger partial charge in [0.15, 0.2) is 5.92 Å². The molecule has 0 spiro atoms.